The molecule has 0 atom stereocenters. The second-order valence-corrected chi connectivity index (χ2v) is 5.89. The van der Waals surface area contributed by atoms with Gasteiger partial charge in [-0.15, -0.1) is 5.10 Å². The highest BCUT2D eigenvalue weighted by Gasteiger charge is 2.00. The molecule has 32 heavy (non-hydrogen) atoms. The third kappa shape index (κ3) is 16.9. The van der Waals surface area contributed by atoms with Crippen LogP contribution in [0.5, 0.6) is 0 Å². The minimum absolute atomic E-state index is 0. The number of rotatable bonds is 3. The van der Waals surface area contributed by atoms with Gasteiger partial charge in [-0.25, -0.2) is 4.79 Å². The summed E-state index contributed by atoms with van der Waals surface area (Å²) in [5.41, 5.74) is 16.1. The van der Waals surface area contributed by atoms with E-state index >= 15 is 0 Å². The van der Waals surface area contributed by atoms with Gasteiger partial charge in [0, 0.05) is 30.4 Å². The van der Waals surface area contributed by atoms with E-state index in [1.54, 1.807) is 12.4 Å². The number of anilines is 1. The van der Waals surface area contributed by atoms with Crippen LogP contribution in [0.4, 0.5) is 5.95 Å². The Hall–Kier alpha value is -3.99. The molecule has 0 saturated heterocycles. The molecular formula is C16H25N9O6S. The van der Waals surface area contributed by atoms with Crippen molar-refractivity contribution in [3.63, 3.8) is 0 Å². The Labute approximate surface area is 183 Å². The van der Waals surface area contributed by atoms with Gasteiger partial charge in [-0.1, -0.05) is 7.43 Å². The molecule has 0 radical (unpaired) electrons. The van der Waals surface area contributed by atoms with Gasteiger partial charge in [0.25, 0.3) is 0 Å². The maximum atomic E-state index is 10.2. The molecule has 176 valence electrons. The van der Waals surface area contributed by atoms with Crippen molar-refractivity contribution < 1.29 is 27.4 Å². The molecule has 16 heteroatoms. The third-order valence-electron chi connectivity index (χ3n) is 2.60. The van der Waals surface area contributed by atoms with Gasteiger partial charge in [0.05, 0.1) is 12.1 Å². The topological polar surface area (TPSA) is 281 Å². The Morgan fingerprint density at radius 1 is 1.06 bits per heavy atom. The Kier molecular flexibility index (Phi) is 14.9. The number of H-pyrrole nitrogens is 1. The van der Waals surface area contributed by atoms with E-state index in [0.717, 1.165) is 5.56 Å². The van der Waals surface area contributed by atoms with Gasteiger partial charge in [-0.05, 0) is 24.3 Å². The number of aromatic carboxylic acids is 1. The lowest BCUT2D eigenvalue weighted by Crippen LogP contribution is -2.20. The Balaban J connectivity index is 0. The van der Waals surface area contributed by atoms with E-state index in [4.69, 9.17) is 45.2 Å². The van der Waals surface area contributed by atoms with E-state index in [-0.39, 0.29) is 31.3 Å². The number of carbonyl (C=O) groups is 1. The van der Waals surface area contributed by atoms with Crippen molar-refractivity contribution in [1.82, 2.24) is 25.1 Å². The predicted octanol–water partition coefficient (Wildman–Crippen LogP) is 0.0931. The Morgan fingerprint density at radius 3 is 1.75 bits per heavy atom. The summed E-state index contributed by atoms with van der Waals surface area (Å²) < 4.78 is 31.6. The van der Waals surface area contributed by atoms with Gasteiger partial charge in [0.2, 0.25) is 5.95 Å². The molecule has 0 aliphatic rings. The number of nitrogens with zero attached hydrogens (tertiary/aromatic N) is 4. The summed E-state index contributed by atoms with van der Waals surface area (Å²) in [4.78, 5) is 21.7. The van der Waals surface area contributed by atoms with E-state index in [9.17, 15) is 4.79 Å². The molecule has 3 heterocycles. The van der Waals surface area contributed by atoms with Gasteiger partial charge in [0.15, 0.2) is 5.82 Å². The number of hydrogen-bond acceptors (Lipinski definition) is 10. The number of amidine groups is 1. The molecule has 0 spiro atoms. The van der Waals surface area contributed by atoms with Gasteiger partial charge in [-0.3, -0.25) is 29.6 Å². The van der Waals surface area contributed by atoms with Crippen LogP contribution in [0, 0.1) is 5.41 Å². The van der Waals surface area contributed by atoms with Gasteiger partial charge in [0.1, 0.15) is 5.84 Å². The minimum atomic E-state index is -4.67. The first-order valence-corrected chi connectivity index (χ1v) is 9.28. The maximum Gasteiger partial charge on any atom is 0.394 e. The summed E-state index contributed by atoms with van der Waals surface area (Å²) in [6.07, 6.45) is 6.27. The normalized spacial score (nSPS) is 9.22. The average Bonchev–Trinajstić information content (AvgIpc) is 3.15. The molecule has 3 rings (SSSR count). The van der Waals surface area contributed by atoms with Crippen LogP contribution in [0.1, 0.15) is 17.8 Å². The quantitative estimate of drug-likeness (QED) is 0.143. The molecule has 3 aromatic rings. The highest BCUT2D eigenvalue weighted by atomic mass is 32.3. The minimum Gasteiger partial charge on any atom is -0.478 e. The van der Waals surface area contributed by atoms with Crippen molar-refractivity contribution in [2.45, 2.75) is 7.43 Å². The highest BCUT2D eigenvalue weighted by molar-refractivity contribution is 7.79. The van der Waals surface area contributed by atoms with Crippen LogP contribution in [-0.4, -0.2) is 66.1 Å². The Morgan fingerprint density at radius 2 is 1.47 bits per heavy atom. The first-order valence-electron chi connectivity index (χ1n) is 7.88. The fourth-order valence-electron chi connectivity index (χ4n) is 1.41. The molecule has 0 aliphatic carbocycles. The largest absolute Gasteiger partial charge is 0.478 e. The fraction of sp³-hybridized carbons (Fsp3) is 0.125. The molecule has 0 fully saturated rings. The summed E-state index contributed by atoms with van der Waals surface area (Å²) in [7, 11) is -4.67. The molecule has 0 unspecified atom stereocenters. The van der Waals surface area contributed by atoms with Gasteiger partial charge in [-0.2, -0.15) is 13.4 Å². The number of aromatic nitrogens is 5. The molecule has 0 saturated carbocycles. The van der Waals surface area contributed by atoms with E-state index < -0.39 is 16.4 Å². The van der Waals surface area contributed by atoms with Crippen LogP contribution in [0.3, 0.4) is 0 Å². The second kappa shape index (κ2) is 15.8. The summed E-state index contributed by atoms with van der Waals surface area (Å²) in [5.74, 6) is 0.0270. The maximum absolute atomic E-state index is 10.2. The van der Waals surface area contributed by atoms with Gasteiger partial charge >= 0.3 is 16.4 Å². The van der Waals surface area contributed by atoms with Crippen molar-refractivity contribution in [3.05, 3.63) is 54.6 Å². The number of nitrogen functional groups attached to an aromatic ring is 1. The zero-order valence-electron chi connectivity index (χ0n) is 15.8. The van der Waals surface area contributed by atoms with Crippen LogP contribution in [0.15, 0.2) is 49.1 Å². The van der Waals surface area contributed by atoms with Crippen molar-refractivity contribution in [1.29, 1.82) is 5.41 Å². The first kappa shape index (κ1) is 30.2. The molecule has 0 amide bonds. The molecule has 3 aromatic heterocycles. The molecular weight excluding hydrogens is 446 g/mol. The van der Waals surface area contributed by atoms with Crippen molar-refractivity contribution in [3.8, 4) is 11.4 Å². The SMILES string of the molecule is C.N=C(N)CN.Nc1n[nH]c(-c2ccncc2)n1.O=C(O)c1ccncc1.O=S(=O)(O)O. The highest BCUT2D eigenvalue weighted by Crippen LogP contribution is 2.12. The number of carboxylic acid groups (broad SMARTS) is 1. The van der Waals surface area contributed by atoms with E-state index in [1.165, 1.54) is 24.5 Å². The summed E-state index contributed by atoms with van der Waals surface area (Å²) in [6, 6.07) is 6.56. The standard InChI is InChI=1S/C7H7N5.C6H5NO2.C2H7N3.CH4.H2O4S/c8-7-10-6(11-12-7)5-1-3-9-4-2-5;8-6(9)5-1-3-7-4-2-5;3-1-2(4)5;;1-5(2,3)4/h1-4H,(H3,8,10,11,12);1-4H,(H,8,9);1,3H2,(H3,4,5);1H4;(H2,1,2,3,4). The Bertz CT molecular complexity index is 1020. The monoisotopic (exact) mass is 471 g/mol. The first-order chi connectivity index (χ1) is 14.4. The molecule has 0 aromatic carbocycles. The average molecular weight is 472 g/mol. The molecule has 11 N–H and O–H groups in total. The van der Waals surface area contributed by atoms with Crippen LogP contribution in [0.25, 0.3) is 11.4 Å². The number of nitrogens with two attached hydrogens (primary N) is 3. The number of nitrogens with one attached hydrogen (secondary N) is 2. The third-order valence-corrected chi connectivity index (χ3v) is 2.60. The number of pyridine rings is 2. The van der Waals surface area contributed by atoms with E-state index in [1.807, 2.05) is 12.1 Å². The lowest BCUT2D eigenvalue weighted by atomic mass is 10.3. The number of carboxylic acids is 1. The van der Waals surface area contributed by atoms with Crippen LogP contribution >= 0.6 is 0 Å². The number of hydrogen-bond donors (Lipinski definition) is 8. The zero-order chi connectivity index (χ0) is 23.9. The van der Waals surface area contributed by atoms with Crippen LogP contribution in [0.2, 0.25) is 0 Å². The van der Waals surface area contributed by atoms with E-state index in [2.05, 4.69) is 25.1 Å². The number of aromatic amines is 1. The molecule has 0 aliphatic heterocycles. The lowest BCUT2D eigenvalue weighted by Gasteiger charge is -1.91. The van der Waals surface area contributed by atoms with Crippen molar-refractivity contribution in [2.75, 3.05) is 12.3 Å². The van der Waals surface area contributed by atoms with Crippen LogP contribution < -0.4 is 17.2 Å². The molecule has 15 nitrogen and oxygen atoms in total. The lowest BCUT2D eigenvalue weighted by molar-refractivity contribution is 0.0696. The summed E-state index contributed by atoms with van der Waals surface area (Å²) >= 11 is 0. The summed E-state index contributed by atoms with van der Waals surface area (Å²) in [6.45, 7) is 0.167. The summed E-state index contributed by atoms with van der Waals surface area (Å²) in [5, 5.41) is 21.2. The smallest absolute Gasteiger partial charge is 0.394 e. The molecule has 0 bridgehead atoms. The second-order valence-electron chi connectivity index (χ2n) is 5.00. The van der Waals surface area contributed by atoms with Crippen LogP contribution in [-0.2, 0) is 10.4 Å². The van der Waals surface area contributed by atoms with Crippen molar-refractivity contribution in [2.24, 2.45) is 11.5 Å². The van der Waals surface area contributed by atoms with Gasteiger partial charge < -0.3 is 22.3 Å². The zero-order valence-corrected chi connectivity index (χ0v) is 16.6. The van der Waals surface area contributed by atoms with E-state index in [0.29, 0.717) is 5.82 Å². The fourth-order valence-corrected chi connectivity index (χ4v) is 1.41. The van der Waals surface area contributed by atoms with Crippen molar-refractivity contribution >= 4 is 28.2 Å². The predicted molar refractivity (Wildman–Crippen MR) is 117 cm³/mol.